The van der Waals surface area contributed by atoms with Gasteiger partial charge in [0.1, 0.15) is 5.82 Å². The highest BCUT2D eigenvalue weighted by atomic mass is 35.5. The smallest absolute Gasteiger partial charge is 0.324 e. The van der Waals surface area contributed by atoms with Crippen molar-refractivity contribution in [3.05, 3.63) is 33.6 Å². The molecule has 0 aliphatic heterocycles. The number of hydrogen-bond acceptors (Lipinski definition) is 4. The minimum atomic E-state index is -1.44. The van der Waals surface area contributed by atoms with Crippen LogP contribution in [0.5, 0.6) is 0 Å². The van der Waals surface area contributed by atoms with Crippen LogP contribution in [0.1, 0.15) is 25.3 Å². The van der Waals surface area contributed by atoms with Crippen LogP contribution in [0.15, 0.2) is 12.1 Å². The van der Waals surface area contributed by atoms with Crippen LogP contribution in [0.25, 0.3) is 0 Å². The van der Waals surface area contributed by atoms with Crippen molar-refractivity contribution >= 4 is 35.1 Å². The summed E-state index contributed by atoms with van der Waals surface area (Å²) in [6.07, 6.45) is 0. The molecule has 0 unspecified atom stereocenters. The fourth-order valence-electron chi connectivity index (χ4n) is 1.56. The molecule has 0 spiro atoms. The van der Waals surface area contributed by atoms with Crippen molar-refractivity contribution in [2.75, 3.05) is 13.2 Å². The molecule has 0 aliphatic carbocycles. The first-order valence-electron chi connectivity index (χ1n) is 5.90. The van der Waals surface area contributed by atoms with Crippen LogP contribution in [0, 0.1) is 5.82 Å². The molecule has 0 bridgehead atoms. The molecule has 1 aromatic carbocycles. The SMILES string of the molecule is CCOC(=O)C(C(=O)OCC)c1cc(F)c(Cl)cc1Cl. The second-order valence-electron chi connectivity index (χ2n) is 3.72. The minimum Gasteiger partial charge on any atom is -0.465 e. The van der Waals surface area contributed by atoms with E-state index in [1.165, 1.54) is 0 Å². The minimum absolute atomic E-state index is 0.0116. The maximum absolute atomic E-state index is 13.5. The fraction of sp³-hybridized carbons (Fsp3) is 0.385. The number of hydrogen-bond donors (Lipinski definition) is 0. The second kappa shape index (κ2) is 7.45. The monoisotopic (exact) mass is 322 g/mol. The number of ether oxygens (including phenoxy) is 2. The summed E-state index contributed by atoms with van der Waals surface area (Å²) in [6.45, 7) is 3.32. The highest BCUT2D eigenvalue weighted by molar-refractivity contribution is 6.35. The van der Waals surface area contributed by atoms with Crippen molar-refractivity contribution < 1.29 is 23.5 Å². The molecule has 0 N–H and O–H groups in total. The summed E-state index contributed by atoms with van der Waals surface area (Å²) in [6, 6.07) is 2.06. The second-order valence-corrected chi connectivity index (χ2v) is 4.54. The number of halogens is 3. The Morgan fingerprint density at radius 2 is 1.60 bits per heavy atom. The third kappa shape index (κ3) is 3.84. The van der Waals surface area contributed by atoms with Crippen LogP contribution in [0.2, 0.25) is 10.0 Å². The van der Waals surface area contributed by atoms with Gasteiger partial charge in [-0.1, -0.05) is 23.2 Å². The van der Waals surface area contributed by atoms with Crippen LogP contribution in [0.4, 0.5) is 4.39 Å². The summed E-state index contributed by atoms with van der Waals surface area (Å²) in [4.78, 5) is 23.7. The Labute approximate surface area is 125 Å². The van der Waals surface area contributed by atoms with Crippen molar-refractivity contribution in [3.8, 4) is 0 Å². The van der Waals surface area contributed by atoms with Gasteiger partial charge >= 0.3 is 11.9 Å². The lowest BCUT2D eigenvalue weighted by Gasteiger charge is -2.16. The Hall–Kier alpha value is -1.33. The molecule has 7 heteroatoms. The van der Waals surface area contributed by atoms with E-state index in [1.54, 1.807) is 13.8 Å². The molecule has 0 radical (unpaired) electrons. The third-order valence-electron chi connectivity index (χ3n) is 2.40. The lowest BCUT2D eigenvalue weighted by molar-refractivity contribution is -0.156. The molecule has 20 heavy (non-hydrogen) atoms. The van der Waals surface area contributed by atoms with E-state index in [4.69, 9.17) is 32.7 Å². The summed E-state index contributed by atoms with van der Waals surface area (Å²) in [5.74, 6) is -3.93. The van der Waals surface area contributed by atoms with E-state index in [0.29, 0.717) is 0 Å². The first kappa shape index (κ1) is 16.7. The van der Waals surface area contributed by atoms with Gasteiger partial charge < -0.3 is 9.47 Å². The lowest BCUT2D eigenvalue weighted by Crippen LogP contribution is -2.26. The van der Waals surface area contributed by atoms with Gasteiger partial charge in [-0.2, -0.15) is 0 Å². The van der Waals surface area contributed by atoms with E-state index in [0.717, 1.165) is 12.1 Å². The van der Waals surface area contributed by atoms with E-state index in [2.05, 4.69) is 0 Å². The largest absolute Gasteiger partial charge is 0.465 e. The highest BCUT2D eigenvalue weighted by Crippen LogP contribution is 2.31. The Bertz CT molecular complexity index is 501. The summed E-state index contributed by atoms with van der Waals surface area (Å²) in [5.41, 5.74) is -0.0366. The van der Waals surface area contributed by atoms with Gasteiger partial charge in [0, 0.05) is 5.02 Å². The van der Waals surface area contributed by atoms with Gasteiger partial charge in [-0.3, -0.25) is 9.59 Å². The van der Waals surface area contributed by atoms with E-state index < -0.39 is 23.7 Å². The first-order chi connectivity index (χ1) is 9.42. The predicted octanol–water partition coefficient (Wildman–Crippen LogP) is 3.34. The maximum Gasteiger partial charge on any atom is 0.324 e. The maximum atomic E-state index is 13.5. The molecule has 0 saturated carbocycles. The van der Waals surface area contributed by atoms with Crippen molar-refractivity contribution in [3.63, 3.8) is 0 Å². The molecule has 1 rings (SSSR count). The van der Waals surface area contributed by atoms with Gasteiger partial charge in [-0.25, -0.2) is 4.39 Å². The predicted molar refractivity (Wildman–Crippen MR) is 72.4 cm³/mol. The number of rotatable bonds is 5. The summed E-state index contributed by atoms with van der Waals surface area (Å²) >= 11 is 11.5. The number of esters is 2. The Morgan fingerprint density at radius 1 is 1.10 bits per heavy atom. The van der Waals surface area contributed by atoms with Crippen LogP contribution >= 0.6 is 23.2 Å². The number of benzene rings is 1. The van der Waals surface area contributed by atoms with E-state index >= 15 is 0 Å². The van der Waals surface area contributed by atoms with Crippen molar-refractivity contribution in [2.24, 2.45) is 0 Å². The molecule has 4 nitrogen and oxygen atoms in total. The summed E-state index contributed by atoms with van der Waals surface area (Å²) < 4.78 is 23.1. The van der Waals surface area contributed by atoms with Crippen molar-refractivity contribution in [1.29, 1.82) is 0 Å². The third-order valence-corrected chi connectivity index (χ3v) is 3.01. The zero-order chi connectivity index (χ0) is 15.3. The van der Waals surface area contributed by atoms with E-state index in [-0.39, 0.29) is 28.8 Å². The number of carbonyl (C=O) groups excluding carboxylic acids is 2. The topological polar surface area (TPSA) is 52.6 Å². The van der Waals surface area contributed by atoms with E-state index in [1.807, 2.05) is 0 Å². The molecule has 0 aromatic heterocycles. The molecule has 0 amide bonds. The normalized spacial score (nSPS) is 10.5. The molecule has 110 valence electrons. The molecule has 0 heterocycles. The van der Waals surface area contributed by atoms with Gasteiger partial charge in [0.15, 0.2) is 5.92 Å². The van der Waals surface area contributed by atoms with Crippen LogP contribution in [0.3, 0.4) is 0 Å². The zero-order valence-electron chi connectivity index (χ0n) is 10.9. The molecule has 1 aromatic rings. The molecule has 0 atom stereocenters. The molecule has 0 saturated heterocycles. The summed E-state index contributed by atoms with van der Waals surface area (Å²) in [5, 5.41) is -0.215. The molecular formula is C13H13Cl2FO4. The zero-order valence-corrected chi connectivity index (χ0v) is 12.4. The number of carbonyl (C=O) groups is 2. The molecule has 0 aliphatic rings. The van der Waals surface area contributed by atoms with Crippen LogP contribution in [-0.4, -0.2) is 25.2 Å². The van der Waals surface area contributed by atoms with Gasteiger partial charge in [-0.15, -0.1) is 0 Å². The van der Waals surface area contributed by atoms with Gasteiger partial charge in [0.25, 0.3) is 0 Å². The Balaban J connectivity index is 3.26. The van der Waals surface area contributed by atoms with Gasteiger partial charge in [-0.05, 0) is 31.5 Å². The quantitative estimate of drug-likeness (QED) is 0.474. The van der Waals surface area contributed by atoms with Crippen LogP contribution < -0.4 is 0 Å². The van der Waals surface area contributed by atoms with Gasteiger partial charge in [0.2, 0.25) is 0 Å². The standard InChI is InChI=1S/C13H13Cl2FO4/c1-3-19-12(17)11(13(18)20-4-2)7-5-10(16)9(15)6-8(7)14/h5-6,11H,3-4H2,1-2H3. The Morgan fingerprint density at radius 3 is 2.05 bits per heavy atom. The average molecular weight is 323 g/mol. The average Bonchev–Trinajstić information content (AvgIpc) is 2.36. The fourth-order valence-corrected chi connectivity index (χ4v) is 2.05. The van der Waals surface area contributed by atoms with Crippen molar-refractivity contribution in [2.45, 2.75) is 19.8 Å². The molecular weight excluding hydrogens is 310 g/mol. The molecule has 0 fully saturated rings. The first-order valence-corrected chi connectivity index (χ1v) is 6.65. The van der Waals surface area contributed by atoms with E-state index in [9.17, 15) is 14.0 Å². The lowest BCUT2D eigenvalue weighted by atomic mass is 9.99. The van der Waals surface area contributed by atoms with Crippen LogP contribution in [-0.2, 0) is 19.1 Å². The Kier molecular flexibility index (Phi) is 6.23. The highest BCUT2D eigenvalue weighted by Gasteiger charge is 2.33. The summed E-state index contributed by atoms with van der Waals surface area (Å²) in [7, 11) is 0. The van der Waals surface area contributed by atoms with Crippen molar-refractivity contribution in [1.82, 2.24) is 0 Å². The van der Waals surface area contributed by atoms with Gasteiger partial charge in [0.05, 0.1) is 18.2 Å².